The Bertz CT molecular complexity index is 716. The van der Waals surface area contributed by atoms with E-state index in [9.17, 15) is 14.7 Å². The summed E-state index contributed by atoms with van der Waals surface area (Å²) in [6.07, 6.45) is 3.59. The summed E-state index contributed by atoms with van der Waals surface area (Å²) in [5, 5.41) is 9.46. The van der Waals surface area contributed by atoms with Crippen LogP contribution in [0.15, 0.2) is 24.7 Å². The third kappa shape index (κ3) is 2.28. The van der Waals surface area contributed by atoms with E-state index >= 15 is 0 Å². The number of carbonyl (C=O) groups is 2. The van der Waals surface area contributed by atoms with Crippen LogP contribution < -0.4 is 0 Å². The van der Waals surface area contributed by atoms with Gasteiger partial charge in [-0.2, -0.15) is 0 Å². The number of aromatic nitrogens is 3. The highest BCUT2D eigenvalue weighted by Crippen LogP contribution is 2.24. The molecule has 0 bridgehead atoms. The minimum absolute atomic E-state index is 0.129. The lowest BCUT2D eigenvalue weighted by atomic mass is 10.0. The Morgan fingerprint density at radius 3 is 2.91 bits per heavy atom. The van der Waals surface area contributed by atoms with Gasteiger partial charge in [0.05, 0.1) is 24.3 Å². The fraction of sp³-hybridized carbons (Fsp3) is 0.400. The highest BCUT2D eigenvalue weighted by Gasteiger charge is 2.37. The van der Waals surface area contributed by atoms with Gasteiger partial charge in [0.2, 0.25) is 0 Å². The summed E-state index contributed by atoms with van der Waals surface area (Å²) in [7, 11) is 0. The number of fused-ring (bicyclic) bond motifs is 1. The van der Waals surface area contributed by atoms with Crippen molar-refractivity contribution in [3.63, 3.8) is 0 Å². The van der Waals surface area contributed by atoms with Crippen LogP contribution in [0.3, 0.4) is 0 Å². The molecule has 0 radical (unpaired) electrons. The number of rotatable bonds is 3. The molecule has 1 amide bonds. The lowest BCUT2D eigenvalue weighted by molar-refractivity contribution is -0.142. The summed E-state index contributed by atoms with van der Waals surface area (Å²) in [5.41, 5.74) is 2.02. The van der Waals surface area contributed by atoms with Gasteiger partial charge >= 0.3 is 5.97 Å². The van der Waals surface area contributed by atoms with E-state index in [1.165, 1.54) is 11.2 Å². The molecule has 3 rings (SSSR count). The number of amides is 1. The second kappa shape index (κ2) is 5.32. The molecule has 22 heavy (non-hydrogen) atoms. The summed E-state index contributed by atoms with van der Waals surface area (Å²) >= 11 is 0. The molecule has 1 atom stereocenters. The molecule has 2 aromatic heterocycles. The normalized spacial score (nSPS) is 17.6. The molecule has 1 aliphatic rings. The van der Waals surface area contributed by atoms with E-state index in [4.69, 9.17) is 0 Å². The lowest BCUT2D eigenvalue weighted by Crippen LogP contribution is -2.49. The predicted molar refractivity (Wildman–Crippen MR) is 78.4 cm³/mol. The van der Waals surface area contributed by atoms with Crippen molar-refractivity contribution in [1.29, 1.82) is 0 Å². The molecule has 116 valence electrons. The Morgan fingerprint density at radius 2 is 2.23 bits per heavy atom. The first-order valence-corrected chi connectivity index (χ1v) is 7.20. The van der Waals surface area contributed by atoms with Crippen molar-refractivity contribution < 1.29 is 14.7 Å². The summed E-state index contributed by atoms with van der Waals surface area (Å²) in [5.74, 6) is -1.28. The van der Waals surface area contributed by atoms with E-state index in [2.05, 4.69) is 9.97 Å². The first-order chi connectivity index (χ1) is 10.5. The first-order valence-electron chi connectivity index (χ1n) is 7.20. The van der Waals surface area contributed by atoms with Crippen molar-refractivity contribution in [2.24, 2.45) is 0 Å². The van der Waals surface area contributed by atoms with Gasteiger partial charge in [-0.25, -0.2) is 9.78 Å². The molecule has 7 heteroatoms. The van der Waals surface area contributed by atoms with E-state index in [-0.39, 0.29) is 24.9 Å². The Morgan fingerprint density at radius 1 is 1.45 bits per heavy atom. The molecular formula is C15H18N4O3. The molecule has 2 aromatic rings. The van der Waals surface area contributed by atoms with Crippen LogP contribution in [0, 0.1) is 0 Å². The molecule has 0 fully saturated rings. The smallest absolute Gasteiger partial charge is 0.326 e. The number of H-pyrrole nitrogens is 1. The van der Waals surface area contributed by atoms with Gasteiger partial charge in [-0.1, -0.05) is 0 Å². The Hall–Kier alpha value is -2.57. The minimum Gasteiger partial charge on any atom is -0.480 e. The molecule has 0 aromatic carbocycles. The fourth-order valence-corrected chi connectivity index (χ4v) is 2.84. The minimum atomic E-state index is -1.01. The molecule has 0 saturated carbocycles. The summed E-state index contributed by atoms with van der Waals surface area (Å²) < 4.78 is 1.85. The van der Waals surface area contributed by atoms with Gasteiger partial charge in [0.25, 0.3) is 5.91 Å². The Kier molecular flexibility index (Phi) is 3.48. The highest BCUT2D eigenvalue weighted by molar-refractivity contribution is 5.95. The summed E-state index contributed by atoms with van der Waals surface area (Å²) in [6, 6.07) is 2.77. The maximum absolute atomic E-state index is 12.8. The number of nitrogens with zero attached hydrogens (tertiary/aromatic N) is 3. The highest BCUT2D eigenvalue weighted by atomic mass is 16.4. The van der Waals surface area contributed by atoms with E-state index in [0.717, 1.165) is 11.4 Å². The van der Waals surface area contributed by atoms with Crippen LogP contribution in [0.5, 0.6) is 0 Å². The molecular weight excluding hydrogens is 284 g/mol. The second-order valence-corrected chi connectivity index (χ2v) is 5.71. The van der Waals surface area contributed by atoms with E-state index in [1.54, 1.807) is 12.1 Å². The van der Waals surface area contributed by atoms with Crippen LogP contribution >= 0.6 is 0 Å². The molecule has 0 spiro atoms. The molecule has 7 nitrogen and oxygen atoms in total. The zero-order chi connectivity index (χ0) is 15.9. The molecule has 2 N–H and O–H groups in total. The van der Waals surface area contributed by atoms with Gasteiger partial charge in [-0.3, -0.25) is 4.79 Å². The second-order valence-electron chi connectivity index (χ2n) is 5.71. The predicted octanol–water partition coefficient (Wildman–Crippen LogP) is 1.44. The zero-order valence-electron chi connectivity index (χ0n) is 12.5. The molecule has 0 saturated heterocycles. The third-order valence-corrected chi connectivity index (χ3v) is 4.00. The van der Waals surface area contributed by atoms with E-state index in [0.29, 0.717) is 5.69 Å². The number of carbonyl (C=O) groups excluding carboxylic acids is 1. The van der Waals surface area contributed by atoms with Crippen LogP contribution in [0.1, 0.15) is 41.8 Å². The first kappa shape index (κ1) is 14.4. The van der Waals surface area contributed by atoms with Gasteiger partial charge in [0, 0.05) is 18.7 Å². The SMILES string of the molecule is CC(C)n1cccc1C(=O)N1Cc2[nH]cnc2C[C@H]1C(=O)O. The van der Waals surface area contributed by atoms with Crippen molar-refractivity contribution in [1.82, 2.24) is 19.4 Å². The number of carboxylic acid groups (broad SMARTS) is 1. The van der Waals surface area contributed by atoms with Crippen LogP contribution in [0.25, 0.3) is 0 Å². The zero-order valence-corrected chi connectivity index (χ0v) is 12.5. The largest absolute Gasteiger partial charge is 0.480 e. The number of hydrogen-bond donors (Lipinski definition) is 2. The van der Waals surface area contributed by atoms with E-state index in [1.807, 2.05) is 24.6 Å². The number of carboxylic acids is 1. The monoisotopic (exact) mass is 302 g/mol. The van der Waals surface area contributed by atoms with Crippen LogP contribution in [-0.2, 0) is 17.8 Å². The number of imidazole rings is 1. The standard InChI is InChI=1S/C15H18N4O3/c1-9(2)18-5-3-4-12(18)14(20)19-7-11-10(16-8-17-11)6-13(19)15(21)22/h3-5,8-9,13H,6-7H2,1-2H3,(H,16,17)(H,21,22)/t13-/m0/s1. The van der Waals surface area contributed by atoms with Crippen molar-refractivity contribution in [2.75, 3.05) is 0 Å². The number of hydrogen-bond acceptors (Lipinski definition) is 3. The van der Waals surface area contributed by atoms with Crippen LogP contribution in [0.4, 0.5) is 0 Å². The number of aliphatic carboxylic acids is 1. The van der Waals surface area contributed by atoms with Gasteiger partial charge in [0.15, 0.2) is 0 Å². The Labute approximate surface area is 127 Å². The third-order valence-electron chi connectivity index (χ3n) is 4.00. The van der Waals surface area contributed by atoms with Gasteiger partial charge in [-0.05, 0) is 26.0 Å². The quantitative estimate of drug-likeness (QED) is 0.897. The molecule has 1 aliphatic heterocycles. The summed E-state index contributed by atoms with van der Waals surface area (Å²) in [6.45, 7) is 4.19. The summed E-state index contributed by atoms with van der Waals surface area (Å²) in [4.78, 5) is 32.9. The van der Waals surface area contributed by atoms with Crippen molar-refractivity contribution in [2.45, 2.75) is 38.9 Å². The van der Waals surface area contributed by atoms with Crippen molar-refractivity contribution in [3.05, 3.63) is 41.7 Å². The molecule has 3 heterocycles. The average Bonchev–Trinajstić information content (AvgIpc) is 3.13. The fourth-order valence-electron chi connectivity index (χ4n) is 2.84. The van der Waals surface area contributed by atoms with Gasteiger partial charge in [-0.15, -0.1) is 0 Å². The molecule has 0 unspecified atom stereocenters. The maximum Gasteiger partial charge on any atom is 0.326 e. The van der Waals surface area contributed by atoms with Crippen LogP contribution in [-0.4, -0.2) is 42.5 Å². The van der Waals surface area contributed by atoms with Crippen molar-refractivity contribution >= 4 is 11.9 Å². The van der Waals surface area contributed by atoms with E-state index < -0.39 is 12.0 Å². The van der Waals surface area contributed by atoms with Crippen molar-refractivity contribution in [3.8, 4) is 0 Å². The number of aromatic amines is 1. The number of nitrogens with one attached hydrogen (secondary N) is 1. The molecule has 0 aliphatic carbocycles. The van der Waals surface area contributed by atoms with Gasteiger partial charge in [0.1, 0.15) is 11.7 Å². The lowest BCUT2D eigenvalue weighted by Gasteiger charge is -2.32. The topological polar surface area (TPSA) is 91.2 Å². The Balaban J connectivity index is 1.96. The maximum atomic E-state index is 12.8. The average molecular weight is 302 g/mol. The van der Waals surface area contributed by atoms with Crippen LogP contribution in [0.2, 0.25) is 0 Å². The van der Waals surface area contributed by atoms with Gasteiger partial charge < -0.3 is 19.6 Å².